The van der Waals surface area contributed by atoms with Crippen LogP contribution in [0.3, 0.4) is 0 Å². The van der Waals surface area contributed by atoms with E-state index in [4.69, 9.17) is 56.9 Å². The van der Waals surface area contributed by atoms with Crippen molar-refractivity contribution in [2.24, 2.45) is 0 Å². The molecule has 0 amide bonds. The number of aromatic nitrogens is 2. The van der Waals surface area contributed by atoms with E-state index in [-0.39, 0.29) is 31.9 Å². The van der Waals surface area contributed by atoms with Crippen LogP contribution in [0.1, 0.15) is 0 Å². The molecule has 0 aliphatic rings. The van der Waals surface area contributed by atoms with Gasteiger partial charge in [0.2, 0.25) is 11.8 Å². The lowest BCUT2D eigenvalue weighted by Gasteiger charge is -2.11. The maximum absolute atomic E-state index is 6.14. The largest absolute Gasteiger partial charge is 0.481 e. The molecule has 1 heterocycles. The van der Waals surface area contributed by atoms with Crippen molar-refractivity contribution in [3.05, 3.63) is 32.2 Å². The topological polar surface area (TPSA) is 61.0 Å². The molecule has 0 spiro atoms. The average Bonchev–Trinajstić information content (AvgIpc) is 2.36. The van der Waals surface area contributed by atoms with Crippen molar-refractivity contribution in [1.29, 1.82) is 0 Å². The second kappa shape index (κ2) is 5.59. The number of benzene rings is 1. The highest BCUT2D eigenvalue weighted by Crippen LogP contribution is 2.43. The molecule has 2 N–H and O–H groups in total. The fraction of sp³-hybridized carbons (Fsp3) is 0.0909. The Morgan fingerprint density at radius 1 is 1.00 bits per heavy atom. The summed E-state index contributed by atoms with van der Waals surface area (Å²) in [6.07, 6.45) is 0. The predicted octanol–water partition coefficient (Wildman–Crippen LogP) is 4.35. The van der Waals surface area contributed by atoms with Crippen molar-refractivity contribution >= 4 is 52.4 Å². The van der Waals surface area contributed by atoms with Crippen LogP contribution in [-0.2, 0) is 0 Å². The summed E-state index contributed by atoms with van der Waals surface area (Å²) < 4.78 is 5.01. The van der Waals surface area contributed by atoms with Crippen molar-refractivity contribution in [2.75, 3.05) is 12.8 Å². The lowest BCUT2D eigenvalue weighted by Crippen LogP contribution is -2.00. The minimum atomic E-state index is 0.0255. The number of methoxy groups -OCH3 is 1. The van der Waals surface area contributed by atoms with Gasteiger partial charge in [-0.25, -0.2) is 4.98 Å². The first-order valence-electron chi connectivity index (χ1n) is 4.96. The Labute approximate surface area is 129 Å². The lowest BCUT2D eigenvalue weighted by molar-refractivity contribution is 0.398. The number of halogens is 4. The van der Waals surface area contributed by atoms with Gasteiger partial charge in [0.1, 0.15) is 0 Å². The van der Waals surface area contributed by atoms with E-state index in [0.717, 1.165) is 0 Å². The lowest BCUT2D eigenvalue weighted by atomic mass is 10.1. The monoisotopic (exact) mass is 337 g/mol. The normalized spacial score (nSPS) is 10.6. The van der Waals surface area contributed by atoms with Crippen LogP contribution in [0.25, 0.3) is 11.3 Å². The van der Waals surface area contributed by atoms with Crippen LogP contribution >= 0.6 is 46.4 Å². The first kappa shape index (κ1) is 14.5. The molecule has 1 aromatic carbocycles. The van der Waals surface area contributed by atoms with Crippen molar-refractivity contribution in [3.63, 3.8) is 0 Å². The van der Waals surface area contributed by atoms with Crippen LogP contribution in [0.2, 0.25) is 20.1 Å². The van der Waals surface area contributed by atoms with Gasteiger partial charge in [-0.15, -0.1) is 0 Å². The van der Waals surface area contributed by atoms with E-state index < -0.39 is 0 Å². The highest BCUT2D eigenvalue weighted by molar-refractivity contribution is 6.50. The van der Waals surface area contributed by atoms with Gasteiger partial charge in [0.25, 0.3) is 0 Å². The Morgan fingerprint density at radius 3 is 2.11 bits per heavy atom. The van der Waals surface area contributed by atoms with Gasteiger partial charge in [-0.3, -0.25) is 0 Å². The zero-order chi connectivity index (χ0) is 14.2. The van der Waals surface area contributed by atoms with Gasteiger partial charge in [0, 0.05) is 11.6 Å². The van der Waals surface area contributed by atoms with Crippen LogP contribution < -0.4 is 10.5 Å². The predicted molar refractivity (Wildman–Crippen MR) is 78.5 cm³/mol. The minimum absolute atomic E-state index is 0.0255. The smallest absolute Gasteiger partial charge is 0.223 e. The summed E-state index contributed by atoms with van der Waals surface area (Å²) in [7, 11) is 1.46. The third kappa shape index (κ3) is 2.82. The summed E-state index contributed by atoms with van der Waals surface area (Å²) in [5.41, 5.74) is 6.36. The number of hydrogen-bond donors (Lipinski definition) is 1. The molecule has 0 bridgehead atoms. The molecule has 0 radical (unpaired) electrons. The van der Waals surface area contributed by atoms with E-state index in [1.54, 1.807) is 0 Å². The Bertz CT molecular complexity index is 622. The molecule has 0 saturated carbocycles. The van der Waals surface area contributed by atoms with Gasteiger partial charge >= 0.3 is 0 Å². The second-order valence-corrected chi connectivity index (χ2v) is 5.07. The van der Waals surface area contributed by atoms with E-state index in [1.165, 1.54) is 19.2 Å². The second-order valence-electron chi connectivity index (χ2n) is 3.50. The highest BCUT2D eigenvalue weighted by atomic mass is 35.5. The standard InChI is InChI=1S/C11H7Cl4N3O/c1-19-7-3-6(17-11(16)18-7)8-9(14)4(12)2-5(13)10(8)15/h2-3H,1H3,(H2,16,17,18). The van der Waals surface area contributed by atoms with Crippen LogP contribution in [0.15, 0.2) is 12.1 Å². The quantitative estimate of drug-likeness (QED) is 0.827. The van der Waals surface area contributed by atoms with Gasteiger partial charge in [-0.2, -0.15) is 4.98 Å². The molecule has 0 atom stereocenters. The van der Waals surface area contributed by atoms with Crippen molar-refractivity contribution in [3.8, 4) is 17.1 Å². The molecule has 0 saturated heterocycles. The minimum Gasteiger partial charge on any atom is -0.481 e. The molecular weight excluding hydrogens is 332 g/mol. The van der Waals surface area contributed by atoms with Gasteiger partial charge in [-0.05, 0) is 6.07 Å². The molecule has 0 fully saturated rings. The molecule has 4 nitrogen and oxygen atoms in total. The van der Waals surface area contributed by atoms with E-state index in [9.17, 15) is 0 Å². The molecule has 2 aromatic rings. The van der Waals surface area contributed by atoms with Crippen LogP contribution in [0.5, 0.6) is 5.88 Å². The average molecular weight is 339 g/mol. The Kier molecular flexibility index (Phi) is 4.26. The Balaban J connectivity index is 2.75. The number of hydrogen-bond acceptors (Lipinski definition) is 4. The fourth-order valence-corrected chi connectivity index (χ4v) is 2.48. The highest BCUT2D eigenvalue weighted by Gasteiger charge is 2.18. The maximum Gasteiger partial charge on any atom is 0.223 e. The first-order valence-corrected chi connectivity index (χ1v) is 6.47. The number of ether oxygens (including phenoxy) is 1. The third-order valence-electron chi connectivity index (χ3n) is 2.30. The summed E-state index contributed by atoms with van der Waals surface area (Å²) in [5.74, 6) is 0.309. The number of nitrogens with two attached hydrogens (primary N) is 1. The zero-order valence-electron chi connectivity index (χ0n) is 9.55. The molecule has 0 unspecified atom stereocenters. The SMILES string of the molecule is COc1cc(-c2c(Cl)c(Cl)cc(Cl)c2Cl)nc(N)n1. The molecule has 0 aliphatic heterocycles. The van der Waals surface area contributed by atoms with Gasteiger partial charge in [-0.1, -0.05) is 46.4 Å². The van der Waals surface area contributed by atoms with Crippen LogP contribution in [0, 0.1) is 0 Å². The molecule has 1 aromatic heterocycles. The van der Waals surface area contributed by atoms with Crippen molar-refractivity contribution < 1.29 is 4.74 Å². The molecule has 19 heavy (non-hydrogen) atoms. The van der Waals surface area contributed by atoms with E-state index >= 15 is 0 Å². The van der Waals surface area contributed by atoms with Gasteiger partial charge in [0.15, 0.2) is 0 Å². The fourth-order valence-electron chi connectivity index (χ4n) is 1.47. The summed E-state index contributed by atoms with van der Waals surface area (Å²) in [6, 6.07) is 3.00. The van der Waals surface area contributed by atoms with Crippen LogP contribution in [0.4, 0.5) is 5.95 Å². The zero-order valence-corrected chi connectivity index (χ0v) is 12.6. The number of nitrogen functional groups attached to an aromatic ring is 1. The third-order valence-corrected chi connectivity index (χ3v) is 3.87. The Morgan fingerprint density at radius 2 is 1.58 bits per heavy atom. The van der Waals surface area contributed by atoms with E-state index in [2.05, 4.69) is 9.97 Å². The van der Waals surface area contributed by atoms with E-state index in [1.807, 2.05) is 0 Å². The van der Waals surface area contributed by atoms with Crippen molar-refractivity contribution in [2.45, 2.75) is 0 Å². The maximum atomic E-state index is 6.14. The van der Waals surface area contributed by atoms with Gasteiger partial charge in [0.05, 0.1) is 32.9 Å². The molecule has 0 aliphatic carbocycles. The van der Waals surface area contributed by atoms with Gasteiger partial charge < -0.3 is 10.5 Å². The number of nitrogens with zero attached hydrogens (tertiary/aromatic N) is 2. The molecule has 8 heteroatoms. The summed E-state index contributed by atoms with van der Waals surface area (Å²) in [6.45, 7) is 0. The molecule has 100 valence electrons. The van der Waals surface area contributed by atoms with Crippen LogP contribution in [-0.4, -0.2) is 17.1 Å². The summed E-state index contributed by atoms with van der Waals surface area (Å²) in [5, 5.41) is 0.997. The summed E-state index contributed by atoms with van der Waals surface area (Å²) >= 11 is 24.2. The summed E-state index contributed by atoms with van der Waals surface area (Å²) in [4.78, 5) is 7.93. The molecular formula is C11H7Cl4N3O. The molecule has 2 rings (SSSR count). The number of anilines is 1. The number of rotatable bonds is 2. The van der Waals surface area contributed by atoms with Crippen molar-refractivity contribution in [1.82, 2.24) is 9.97 Å². The van der Waals surface area contributed by atoms with E-state index in [0.29, 0.717) is 11.3 Å². The Hall–Kier alpha value is -0.940. The first-order chi connectivity index (χ1) is 8.93.